The molecular formula is C19H16Cl2N6O. The molecule has 1 aliphatic rings. The summed E-state index contributed by atoms with van der Waals surface area (Å²) in [6.45, 7) is 2.03. The highest BCUT2D eigenvalue weighted by molar-refractivity contribution is 6.42. The van der Waals surface area contributed by atoms with E-state index in [1.54, 1.807) is 35.4 Å². The van der Waals surface area contributed by atoms with Gasteiger partial charge in [0, 0.05) is 17.6 Å². The molecule has 0 unspecified atom stereocenters. The zero-order valence-corrected chi connectivity index (χ0v) is 16.4. The van der Waals surface area contributed by atoms with Crippen molar-refractivity contribution in [3.05, 3.63) is 46.3 Å². The van der Waals surface area contributed by atoms with Crippen molar-refractivity contribution in [3.8, 4) is 5.82 Å². The predicted octanol–water partition coefficient (Wildman–Crippen LogP) is 4.13. The van der Waals surface area contributed by atoms with Crippen LogP contribution in [0.3, 0.4) is 0 Å². The minimum atomic E-state index is -0.155. The fraction of sp³-hybridized carbons (Fsp3) is 0.263. The van der Waals surface area contributed by atoms with E-state index in [1.165, 1.54) is 0 Å². The van der Waals surface area contributed by atoms with Gasteiger partial charge in [-0.05, 0) is 37.8 Å². The summed E-state index contributed by atoms with van der Waals surface area (Å²) in [7, 11) is 0. The lowest BCUT2D eigenvalue weighted by atomic mass is 10.2. The number of nitrogens with zero attached hydrogens (tertiary/aromatic N) is 4. The Morgan fingerprint density at radius 3 is 2.86 bits per heavy atom. The molecule has 28 heavy (non-hydrogen) atoms. The molecule has 0 bridgehead atoms. The van der Waals surface area contributed by atoms with Gasteiger partial charge in [-0.25, -0.2) is 14.6 Å². The van der Waals surface area contributed by atoms with Crippen LogP contribution in [0.15, 0.2) is 30.7 Å². The lowest BCUT2D eigenvalue weighted by Gasteiger charge is -2.12. The SMILES string of the molecule is C[C@H](NC(=O)c1c[nH]c2ncc(-n3ncc4cc(Cl)c(Cl)cc43)nc12)C1CC1. The minimum Gasteiger partial charge on any atom is -0.349 e. The molecule has 5 rings (SSSR count). The van der Waals surface area contributed by atoms with Gasteiger partial charge in [0.2, 0.25) is 0 Å². The fourth-order valence-electron chi connectivity index (χ4n) is 3.36. The zero-order valence-electron chi connectivity index (χ0n) is 14.9. The van der Waals surface area contributed by atoms with Gasteiger partial charge in [0.25, 0.3) is 5.91 Å². The molecule has 7 nitrogen and oxygen atoms in total. The fourth-order valence-corrected chi connectivity index (χ4v) is 3.69. The van der Waals surface area contributed by atoms with Crippen LogP contribution in [0.25, 0.3) is 27.9 Å². The van der Waals surface area contributed by atoms with Crippen molar-refractivity contribution >= 4 is 51.2 Å². The number of nitrogens with one attached hydrogen (secondary N) is 2. The van der Waals surface area contributed by atoms with Crippen LogP contribution in [0.4, 0.5) is 0 Å². The first-order valence-corrected chi connectivity index (χ1v) is 9.75. The van der Waals surface area contributed by atoms with Crippen LogP contribution in [-0.4, -0.2) is 36.7 Å². The van der Waals surface area contributed by atoms with Gasteiger partial charge in [0.15, 0.2) is 11.5 Å². The summed E-state index contributed by atoms with van der Waals surface area (Å²) in [6.07, 6.45) is 7.26. The van der Waals surface area contributed by atoms with Crippen LogP contribution in [-0.2, 0) is 0 Å². The number of aromatic nitrogens is 5. The lowest BCUT2D eigenvalue weighted by molar-refractivity contribution is 0.0937. The number of benzene rings is 1. The molecule has 0 aliphatic heterocycles. The molecule has 1 aliphatic carbocycles. The van der Waals surface area contributed by atoms with Gasteiger partial charge in [-0.15, -0.1) is 0 Å². The molecule has 4 aromatic rings. The van der Waals surface area contributed by atoms with Gasteiger partial charge < -0.3 is 10.3 Å². The van der Waals surface area contributed by atoms with Gasteiger partial charge in [-0.1, -0.05) is 23.2 Å². The largest absolute Gasteiger partial charge is 0.349 e. The van der Waals surface area contributed by atoms with Crippen molar-refractivity contribution in [3.63, 3.8) is 0 Å². The highest BCUT2D eigenvalue weighted by Gasteiger charge is 2.29. The Morgan fingerprint density at radius 2 is 2.07 bits per heavy atom. The summed E-state index contributed by atoms with van der Waals surface area (Å²) in [5, 5.41) is 9.16. The third kappa shape index (κ3) is 2.91. The Morgan fingerprint density at radius 1 is 1.29 bits per heavy atom. The van der Waals surface area contributed by atoms with Crippen molar-refractivity contribution in [2.45, 2.75) is 25.8 Å². The van der Waals surface area contributed by atoms with Crippen molar-refractivity contribution in [1.82, 2.24) is 30.0 Å². The van der Waals surface area contributed by atoms with Crippen molar-refractivity contribution in [1.29, 1.82) is 0 Å². The number of carbonyl (C=O) groups is 1. The Kier molecular flexibility index (Phi) is 4.03. The molecule has 3 aromatic heterocycles. The van der Waals surface area contributed by atoms with Crippen LogP contribution in [0.5, 0.6) is 0 Å². The maximum atomic E-state index is 12.7. The summed E-state index contributed by atoms with van der Waals surface area (Å²) in [5.41, 5.74) is 2.27. The third-order valence-electron chi connectivity index (χ3n) is 5.13. The number of amides is 1. The first kappa shape index (κ1) is 17.5. The molecule has 142 valence electrons. The van der Waals surface area contributed by atoms with Crippen molar-refractivity contribution in [2.24, 2.45) is 5.92 Å². The topological polar surface area (TPSA) is 88.5 Å². The molecule has 1 saturated carbocycles. The maximum absolute atomic E-state index is 12.7. The van der Waals surface area contributed by atoms with E-state index in [4.69, 9.17) is 23.2 Å². The molecule has 3 heterocycles. The Labute approximate surface area is 170 Å². The summed E-state index contributed by atoms with van der Waals surface area (Å²) in [5.74, 6) is 0.907. The first-order valence-electron chi connectivity index (χ1n) is 8.99. The van der Waals surface area contributed by atoms with Gasteiger partial charge in [0.05, 0.1) is 33.5 Å². The number of aromatic amines is 1. The second-order valence-electron chi connectivity index (χ2n) is 7.11. The van der Waals surface area contributed by atoms with E-state index in [2.05, 4.69) is 25.4 Å². The van der Waals surface area contributed by atoms with Crippen LogP contribution >= 0.6 is 23.2 Å². The van der Waals surface area contributed by atoms with Crippen LogP contribution in [0.2, 0.25) is 10.0 Å². The number of hydrogen-bond donors (Lipinski definition) is 2. The summed E-state index contributed by atoms with van der Waals surface area (Å²) in [6, 6.07) is 3.64. The normalized spacial score (nSPS) is 15.2. The highest BCUT2D eigenvalue weighted by atomic mass is 35.5. The average molecular weight is 415 g/mol. The Hall–Kier alpha value is -2.64. The van der Waals surface area contributed by atoms with E-state index in [-0.39, 0.29) is 11.9 Å². The number of rotatable bonds is 4. The molecule has 1 aromatic carbocycles. The van der Waals surface area contributed by atoms with Crippen LogP contribution in [0, 0.1) is 5.92 Å². The summed E-state index contributed by atoms with van der Waals surface area (Å²) in [4.78, 5) is 24.7. The van der Waals surface area contributed by atoms with Gasteiger partial charge >= 0.3 is 0 Å². The summed E-state index contributed by atoms with van der Waals surface area (Å²) < 4.78 is 1.63. The van der Waals surface area contributed by atoms with Crippen molar-refractivity contribution in [2.75, 3.05) is 0 Å². The van der Waals surface area contributed by atoms with Crippen molar-refractivity contribution < 1.29 is 4.79 Å². The van der Waals surface area contributed by atoms with E-state index in [1.807, 2.05) is 6.92 Å². The quantitative estimate of drug-likeness (QED) is 0.525. The standard InChI is InChI=1S/C19H16Cl2N6O/c1-9(10-2-3-10)25-19(28)12-7-22-18-17(12)26-16(8-23-18)27-15-5-14(21)13(20)4-11(15)6-24-27/h4-10H,2-3H2,1H3,(H,22,23)(H,25,28)/t9-/m0/s1. The Bertz CT molecular complexity index is 1230. The lowest BCUT2D eigenvalue weighted by Crippen LogP contribution is -2.33. The maximum Gasteiger partial charge on any atom is 0.255 e. The smallest absolute Gasteiger partial charge is 0.255 e. The summed E-state index contributed by atoms with van der Waals surface area (Å²) >= 11 is 12.2. The number of fused-ring (bicyclic) bond motifs is 2. The number of carbonyl (C=O) groups excluding carboxylic acids is 1. The monoisotopic (exact) mass is 414 g/mol. The molecule has 1 amide bonds. The second kappa shape index (κ2) is 6.46. The van der Waals surface area contributed by atoms with Gasteiger partial charge in [-0.2, -0.15) is 5.10 Å². The number of hydrogen-bond acceptors (Lipinski definition) is 4. The molecule has 2 N–H and O–H groups in total. The van der Waals surface area contributed by atoms with E-state index >= 15 is 0 Å². The first-order chi connectivity index (χ1) is 13.5. The molecule has 1 fully saturated rings. The van der Waals surface area contributed by atoms with E-state index in [0.717, 1.165) is 23.7 Å². The van der Waals surface area contributed by atoms with Gasteiger partial charge in [-0.3, -0.25) is 4.79 Å². The molecule has 0 radical (unpaired) electrons. The molecule has 0 saturated heterocycles. The zero-order chi connectivity index (χ0) is 19.4. The Balaban J connectivity index is 1.56. The number of halogens is 2. The van der Waals surface area contributed by atoms with E-state index in [0.29, 0.717) is 38.5 Å². The predicted molar refractivity (Wildman–Crippen MR) is 108 cm³/mol. The molecule has 1 atom stereocenters. The van der Waals surface area contributed by atoms with Crippen LogP contribution in [0.1, 0.15) is 30.1 Å². The average Bonchev–Trinajstić information content (AvgIpc) is 3.33. The second-order valence-corrected chi connectivity index (χ2v) is 7.92. The minimum absolute atomic E-state index is 0.149. The van der Waals surface area contributed by atoms with E-state index < -0.39 is 0 Å². The highest BCUT2D eigenvalue weighted by Crippen LogP contribution is 2.32. The molecule has 9 heteroatoms. The van der Waals surface area contributed by atoms with Crippen LogP contribution < -0.4 is 5.32 Å². The molecular weight excluding hydrogens is 399 g/mol. The molecule has 0 spiro atoms. The van der Waals surface area contributed by atoms with Gasteiger partial charge in [0.1, 0.15) is 5.52 Å². The van der Waals surface area contributed by atoms with E-state index in [9.17, 15) is 4.79 Å². The third-order valence-corrected chi connectivity index (χ3v) is 5.85. The number of H-pyrrole nitrogens is 1.